The molecule has 0 fully saturated rings. The molecule has 0 N–H and O–H groups in total. The highest BCUT2D eigenvalue weighted by Crippen LogP contribution is 2.10. The summed E-state index contributed by atoms with van der Waals surface area (Å²) in [6.07, 6.45) is 13.2. The number of hydrogen-bond donors (Lipinski definition) is 0. The zero-order valence-electron chi connectivity index (χ0n) is 8.69. The first kappa shape index (κ1) is 12.5. The highest BCUT2D eigenvalue weighted by molar-refractivity contribution is 4.82. The molecule has 0 spiro atoms. The number of rotatable bonds is 8. The van der Waals surface area contributed by atoms with E-state index >= 15 is 0 Å². The van der Waals surface area contributed by atoms with Gasteiger partial charge in [-0.2, -0.15) is 0 Å². The number of halogens is 1. The van der Waals surface area contributed by atoms with Crippen LogP contribution in [0, 0.1) is 12.3 Å². The Morgan fingerprint density at radius 1 is 1.08 bits per heavy atom. The average molecular weight is 184 g/mol. The Balaban J connectivity index is 2.88. The first-order valence-electron chi connectivity index (χ1n) is 5.35. The number of unbranched alkanes of at least 4 members (excludes halogenated alkanes) is 6. The van der Waals surface area contributed by atoms with Crippen molar-refractivity contribution in [3.63, 3.8) is 0 Å². The molecule has 0 saturated carbocycles. The molecule has 0 aromatic rings. The Morgan fingerprint density at radius 3 is 2.15 bits per heavy atom. The van der Waals surface area contributed by atoms with E-state index in [2.05, 4.69) is 5.92 Å². The second-order valence-corrected chi connectivity index (χ2v) is 3.64. The van der Waals surface area contributed by atoms with E-state index in [9.17, 15) is 4.39 Å². The number of alkyl halides is 1. The average Bonchev–Trinajstić information content (AvgIpc) is 2.09. The molecular formula is C12H21F. The van der Waals surface area contributed by atoms with Crippen LogP contribution in [0.15, 0.2) is 0 Å². The lowest BCUT2D eigenvalue weighted by molar-refractivity contribution is 0.329. The molecule has 1 heteroatoms. The molecule has 0 aromatic heterocycles. The fourth-order valence-electron chi connectivity index (χ4n) is 1.36. The summed E-state index contributed by atoms with van der Waals surface area (Å²) in [5.41, 5.74) is 0. The van der Waals surface area contributed by atoms with Gasteiger partial charge in [-0.25, -0.2) is 4.39 Å². The zero-order valence-corrected chi connectivity index (χ0v) is 8.69. The van der Waals surface area contributed by atoms with Crippen LogP contribution in [-0.2, 0) is 0 Å². The van der Waals surface area contributed by atoms with Gasteiger partial charge in [-0.15, -0.1) is 12.3 Å². The highest BCUT2D eigenvalue weighted by Gasteiger charge is 1.96. The van der Waals surface area contributed by atoms with Gasteiger partial charge in [0.2, 0.25) is 0 Å². The van der Waals surface area contributed by atoms with Crippen molar-refractivity contribution in [2.75, 3.05) is 0 Å². The summed E-state index contributed by atoms with van der Waals surface area (Å²) >= 11 is 0. The third-order valence-electron chi connectivity index (χ3n) is 2.17. The molecule has 1 unspecified atom stereocenters. The minimum Gasteiger partial charge on any atom is -0.248 e. The predicted molar refractivity (Wildman–Crippen MR) is 56.3 cm³/mol. The largest absolute Gasteiger partial charge is 0.248 e. The van der Waals surface area contributed by atoms with E-state index < -0.39 is 6.17 Å². The molecule has 0 radical (unpaired) electrons. The van der Waals surface area contributed by atoms with E-state index in [1.165, 1.54) is 25.7 Å². The minimum absolute atomic E-state index is 0.624. The summed E-state index contributed by atoms with van der Waals surface area (Å²) in [6, 6.07) is 0. The highest BCUT2D eigenvalue weighted by atomic mass is 19.1. The van der Waals surface area contributed by atoms with Gasteiger partial charge in [0, 0.05) is 6.42 Å². The fourth-order valence-corrected chi connectivity index (χ4v) is 1.36. The zero-order chi connectivity index (χ0) is 9.94. The first-order valence-corrected chi connectivity index (χ1v) is 5.35. The molecule has 76 valence electrons. The van der Waals surface area contributed by atoms with Crippen LogP contribution in [0.4, 0.5) is 4.39 Å². The maximum Gasteiger partial charge on any atom is 0.0973 e. The normalized spacial score (nSPS) is 12.4. The Hall–Kier alpha value is -0.510. The first-order chi connectivity index (χ1) is 6.27. The van der Waals surface area contributed by atoms with E-state index in [1.807, 2.05) is 0 Å². The molecule has 0 saturated heterocycles. The van der Waals surface area contributed by atoms with Crippen LogP contribution in [0.2, 0.25) is 0 Å². The van der Waals surface area contributed by atoms with Gasteiger partial charge >= 0.3 is 0 Å². The Labute approximate surface area is 81.9 Å². The molecule has 0 amide bonds. The van der Waals surface area contributed by atoms with Crippen LogP contribution in [0.25, 0.3) is 0 Å². The van der Waals surface area contributed by atoms with Crippen molar-refractivity contribution in [1.82, 2.24) is 0 Å². The van der Waals surface area contributed by atoms with E-state index in [-0.39, 0.29) is 0 Å². The van der Waals surface area contributed by atoms with Crippen molar-refractivity contribution >= 4 is 0 Å². The fraction of sp³-hybridized carbons (Fsp3) is 0.833. The van der Waals surface area contributed by atoms with Crippen molar-refractivity contribution in [1.29, 1.82) is 0 Å². The van der Waals surface area contributed by atoms with Crippen molar-refractivity contribution in [2.24, 2.45) is 0 Å². The smallest absolute Gasteiger partial charge is 0.0973 e. The van der Waals surface area contributed by atoms with Crippen LogP contribution in [0.3, 0.4) is 0 Å². The van der Waals surface area contributed by atoms with Gasteiger partial charge in [-0.3, -0.25) is 0 Å². The molecule has 0 heterocycles. The summed E-state index contributed by atoms with van der Waals surface area (Å²) in [7, 11) is 0. The van der Waals surface area contributed by atoms with Gasteiger partial charge < -0.3 is 0 Å². The van der Waals surface area contributed by atoms with Gasteiger partial charge in [0.05, 0.1) is 6.17 Å². The molecule has 0 aliphatic heterocycles. The van der Waals surface area contributed by atoms with E-state index in [0.29, 0.717) is 0 Å². The Morgan fingerprint density at radius 2 is 1.62 bits per heavy atom. The number of hydrogen-bond acceptors (Lipinski definition) is 0. The maximum absolute atomic E-state index is 12.4. The molecule has 0 aliphatic rings. The van der Waals surface area contributed by atoms with Gasteiger partial charge in [-0.05, 0) is 19.8 Å². The van der Waals surface area contributed by atoms with Gasteiger partial charge in [0.25, 0.3) is 0 Å². The van der Waals surface area contributed by atoms with Crippen LogP contribution in [0.5, 0.6) is 0 Å². The van der Waals surface area contributed by atoms with E-state index in [4.69, 9.17) is 6.42 Å². The van der Waals surface area contributed by atoms with Crippen molar-refractivity contribution in [2.45, 2.75) is 64.5 Å². The second-order valence-electron chi connectivity index (χ2n) is 3.64. The molecule has 0 nitrogen and oxygen atoms in total. The minimum atomic E-state index is -0.624. The second kappa shape index (κ2) is 9.58. The van der Waals surface area contributed by atoms with Crippen LogP contribution < -0.4 is 0 Å². The topological polar surface area (TPSA) is 0 Å². The molecule has 0 aromatic carbocycles. The summed E-state index contributed by atoms with van der Waals surface area (Å²) in [5.74, 6) is 2.64. The lowest BCUT2D eigenvalue weighted by Crippen LogP contribution is -1.91. The van der Waals surface area contributed by atoms with Gasteiger partial charge in [0.15, 0.2) is 0 Å². The SMILES string of the molecule is C#CCCCCCCCCC(C)F. The summed E-state index contributed by atoms with van der Waals surface area (Å²) in [4.78, 5) is 0. The van der Waals surface area contributed by atoms with Crippen LogP contribution >= 0.6 is 0 Å². The Kier molecular flexibility index (Phi) is 9.20. The molecule has 0 bridgehead atoms. The standard InChI is InChI=1S/C12H21F/c1-3-4-5-6-7-8-9-10-11-12(2)13/h1,12H,4-11H2,2H3. The number of terminal acetylenes is 1. The van der Waals surface area contributed by atoms with Crippen molar-refractivity contribution < 1.29 is 4.39 Å². The quantitative estimate of drug-likeness (QED) is 0.393. The maximum atomic E-state index is 12.4. The molecule has 1 atom stereocenters. The van der Waals surface area contributed by atoms with Gasteiger partial charge in [-0.1, -0.05) is 32.1 Å². The molecule has 0 aliphatic carbocycles. The molecular weight excluding hydrogens is 163 g/mol. The third-order valence-corrected chi connectivity index (χ3v) is 2.17. The molecule has 0 rings (SSSR count). The predicted octanol–water partition coefficient (Wildman–Crippen LogP) is 4.10. The van der Waals surface area contributed by atoms with E-state index in [1.54, 1.807) is 6.92 Å². The van der Waals surface area contributed by atoms with Crippen molar-refractivity contribution in [3.8, 4) is 12.3 Å². The molecule has 13 heavy (non-hydrogen) atoms. The summed E-state index contributed by atoms with van der Waals surface area (Å²) < 4.78 is 12.4. The summed E-state index contributed by atoms with van der Waals surface area (Å²) in [6.45, 7) is 1.63. The van der Waals surface area contributed by atoms with E-state index in [0.717, 1.165) is 25.7 Å². The van der Waals surface area contributed by atoms with Crippen LogP contribution in [-0.4, -0.2) is 6.17 Å². The summed E-state index contributed by atoms with van der Waals surface area (Å²) in [5, 5.41) is 0. The Bertz CT molecular complexity index is 133. The monoisotopic (exact) mass is 184 g/mol. The third kappa shape index (κ3) is 11.5. The lowest BCUT2D eigenvalue weighted by atomic mass is 10.1. The van der Waals surface area contributed by atoms with Crippen molar-refractivity contribution in [3.05, 3.63) is 0 Å². The van der Waals surface area contributed by atoms with Crippen LogP contribution in [0.1, 0.15) is 58.3 Å². The van der Waals surface area contributed by atoms with Gasteiger partial charge in [0.1, 0.15) is 0 Å². The lowest BCUT2D eigenvalue weighted by Gasteiger charge is -2.01.